The minimum Gasteiger partial charge on any atom is -0.493 e. The highest BCUT2D eigenvalue weighted by Crippen LogP contribution is 2.44. The number of amides is 1. The fourth-order valence-corrected chi connectivity index (χ4v) is 11.7. The monoisotopic (exact) mass is 998 g/mol. The second-order valence-corrected chi connectivity index (χ2v) is 19.4. The summed E-state index contributed by atoms with van der Waals surface area (Å²) in [5.41, 5.74) is 0. The van der Waals surface area contributed by atoms with Crippen LogP contribution in [0.25, 0.3) is 20.2 Å². The number of halogens is 5. The Bertz CT molecular complexity index is 1910. The molecule has 3 N–H and O–H groups in total. The van der Waals surface area contributed by atoms with E-state index in [9.17, 15) is 27.2 Å². The molecule has 0 aliphatic rings. The number of alkyl halides is 4. The van der Waals surface area contributed by atoms with Gasteiger partial charge < -0.3 is 29.4 Å². The minimum absolute atomic E-state index is 0. The zero-order valence-electron chi connectivity index (χ0n) is 30.6. The standard InChI is InChI=1S/C15H17F2NO4S.C14H14F2O4S.C2H7N.ClH.S6.S2/c1-18(20)14(19)4-5-15(16,17)13-7-9-6-10(21-2)11(22-3)8-12(9)23-13;1-19-9-5-8-6-12(14(15,16)4-3-13(17)18)21-11(8)7-10(9)20-2;1-3-2;;1-3-5-6-4-2;1-2/h6-8,20H,4-5H2,1-3H3;5-7H,3-4H2,1-2H3,(H,17,18);3H,1-2H3;1H;;. The number of rotatable bonds is 12. The van der Waals surface area contributed by atoms with E-state index in [1.54, 1.807) is 24.3 Å². The third-order valence-electron chi connectivity index (χ3n) is 6.52. The van der Waals surface area contributed by atoms with Gasteiger partial charge in [0.05, 0.1) is 44.6 Å². The summed E-state index contributed by atoms with van der Waals surface area (Å²) >= 11 is 18.2. The lowest BCUT2D eigenvalue weighted by atomic mass is 10.1. The summed E-state index contributed by atoms with van der Waals surface area (Å²) in [7, 11) is 16.4. The van der Waals surface area contributed by atoms with Crippen molar-refractivity contribution in [1.29, 1.82) is 0 Å². The molecule has 1 amide bonds. The molecule has 0 aliphatic carbocycles. The zero-order valence-corrected chi connectivity index (χ0v) is 39.6. The molecule has 0 atom stereocenters. The van der Waals surface area contributed by atoms with Crippen LogP contribution >= 0.6 is 35.1 Å². The van der Waals surface area contributed by atoms with Gasteiger partial charge in [-0.2, -0.15) is 0 Å². The lowest BCUT2D eigenvalue weighted by Gasteiger charge is -2.15. The van der Waals surface area contributed by atoms with Crippen molar-refractivity contribution >= 4 is 147 Å². The van der Waals surface area contributed by atoms with Crippen molar-refractivity contribution < 1.29 is 56.4 Å². The van der Waals surface area contributed by atoms with Crippen LogP contribution in [0.1, 0.15) is 35.4 Å². The Labute approximate surface area is 367 Å². The quantitative estimate of drug-likeness (QED) is 0.0729. The molecule has 56 heavy (non-hydrogen) atoms. The fraction of sp³-hybridized carbons (Fsp3) is 0.419. The predicted molar refractivity (Wildman–Crippen MR) is 239 cm³/mol. The van der Waals surface area contributed by atoms with Gasteiger partial charge in [-0.05, 0) is 49.1 Å². The lowest BCUT2D eigenvalue weighted by molar-refractivity contribution is -0.161. The van der Waals surface area contributed by atoms with Crippen molar-refractivity contribution in [2.24, 2.45) is 0 Å². The molecule has 2 heterocycles. The van der Waals surface area contributed by atoms with Gasteiger partial charge in [0.1, 0.15) is 0 Å². The third kappa shape index (κ3) is 18.8. The van der Waals surface area contributed by atoms with E-state index in [0.717, 1.165) is 29.7 Å². The molecule has 0 spiro atoms. The van der Waals surface area contributed by atoms with E-state index in [2.05, 4.69) is 50.1 Å². The first-order valence-electron chi connectivity index (χ1n) is 14.9. The summed E-state index contributed by atoms with van der Waals surface area (Å²) in [4.78, 5) is 21.4. The maximum absolute atomic E-state index is 14.3. The molecule has 0 saturated carbocycles. The number of methoxy groups -OCH3 is 4. The van der Waals surface area contributed by atoms with Gasteiger partial charge in [0, 0.05) is 128 Å². The van der Waals surface area contributed by atoms with Gasteiger partial charge >= 0.3 is 5.97 Å². The Hall–Kier alpha value is -1.81. The number of carbonyl (C=O) groups excluding carboxylic acids is 1. The number of carboxylic acids is 1. The van der Waals surface area contributed by atoms with Gasteiger partial charge in [-0.1, -0.05) is 0 Å². The van der Waals surface area contributed by atoms with E-state index >= 15 is 0 Å². The molecule has 0 radical (unpaired) electrons. The molecule has 0 aliphatic heterocycles. The summed E-state index contributed by atoms with van der Waals surface area (Å²) in [6, 6.07) is 9.29. The van der Waals surface area contributed by atoms with Crippen LogP contribution < -0.4 is 24.3 Å². The Morgan fingerprint density at radius 3 is 1.34 bits per heavy atom. The molecule has 4 rings (SSSR count). The van der Waals surface area contributed by atoms with Crippen molar-refractivity contribution in [3.8, 4) is 23.0 Å². The van der Waals surface area contributed by atoms with E-state index in [4.69, 9.17) is 29.3 Å². The van der Waals surface area contributed by atoms with Gasteiger partial charge in [-0.25, -0.2) is 22.6 Å². The van der Waals surface area contributed by atoms with Crippen LogP contribution in [0.2, 0.25) is 0 Å². The summed E-state index contributed by atoms with van der Waals surface area (Å²) in [5, 5.41) is 21.8. The number of carboxylic acid groups (broad SMARTS) is 1. The second kappa shape index (κ2) is 29.4. The van der Waals surface area contributed by atoms with Gasteiger partial charge in [-0.15, -0.1) is 35.1 Å². The molecule has 2 aromatic carbocycles. The maximum atomic E-state index is 14.3. The van der Waals surface area contributed by atoms with Crippen LogP contribution in [-0.2, 0) is 102 Å². The van der Waals surface area contributed by atoms with Crippen molar-refractivity contribution in [2.45, 2.75) is 37.5 Å². The topological polar surface area (TPSA) is 127 Å². The van der Waals surface area contributed by atoms with Crippen LogP contribution in [0.4, 0.5) is 17.6 Å². The first-order chi connectivity index (χ1) is 26.0. The van der Waals surface area contributed by atoms with Crippen molar-refractivity contribution in [2.75, 3.05) is 49.6 Å². The van der Waals surface area contributed by atoms with E-state index in [1.165, 1.54) is 76.1 Å². The van der Waals surface area contributed by atoms with Crippen molar-refractivity contribution in [3.05, 3.63) is 46.2 Å². The van der Waals surface area contributed by atoms with E-state index in [1.807, 2.05) is 14.1 Å². The first kappa shape index (κ1) is 56.3. The lowest BCUT2D eigenvalue weighted by Crippen LogP contribution is -2.24. The normalized spacial score (nSPS) is 10.1. The highest BCUT2D eigenvalue weighted by atomic mass is 35.5. The number of hydroxylamine groups is 2. The number of hydrogen-bond acceptors (Lipinski definition) is 14. The van der Waals surface area contributed by atoms with Gasteiger partial charge in [0.25, 0.3) is 11.8 Å². The van der Waals surface area contributed by atoms with Crippen LogP contribution in [0.5, 0.6) is 23.0 Å². The number of nitrogens with one attached hydrogen (secondary N) is 1. The SMILES string of the molecule is CNC.COc1cc2cc(C(F)(F)CCC(=O)N(C)O)sc2cc1OC.COc1cc2cc(C(F)(F)CCC(=O)O)sc2cc1OC.Cl.S=S.S=S=S=S=S=S. The molecule has 0 bridgehead atoms. The summed E-state index contributed by atoms with van der Waals surface area (Å²) < 4.78 is 78.4. The van der Waals surface area contributed by atoms with Crippen LogP contribution in [-0.4, -0.2) is 76.8 Å². The molecule has 0 saturated heterocycles. The number of thiophene rings is 2. The molecule has 4 aromatic rings. The summed E-state index contributed by atoms with van der Waals surface area (Å²) in [6.07, 6.45) is -2.41. The molecule has 25 heteroatoms. The highest BCUT2D eigenvalue weighted by Gasteiger charge is 2.35. The number of aliphatic carboxylic acids is 1. The molecule has 0 fully saturated rings. The van der Waals surface area contributed by atoms with Crippen LogP contribution in [0.15, 0.2) is 36.4 Å². The van der Waals surface area contributed by atoms with E-state index in [-0.39, 0.29) is 22.2 Å². The van der Waals surface area contributed by atoms with Crippen molar-refractivity contribution in [1.82, 2.24) is 10.4 Å². The van der Waals surface area contributed by atoms with Crippen LogP contribution in [0, 0.1) is 0 Å². The Morgan fingerprint density at radius 2 is 1.05 bits per heavy atom. The number of fused-ring (bicyclic) bond motifs is 2. The van der Waals surface area contributed by atoms with E-state index < -0.39 is 49.4 Å². The molecular weight excluding hydrogens is 960 g/mol. The molecular formula is C31H39ClF4N2O8S10. The highest BCUT2D eigenvalue weighted by molar-refractivity contribution is 8.64. The number of ether oxygens (including phenoxy) is 4. The molecule has 2 aromatic heterocycles. The summed E-state index contributed by atoms with van der Waals surface area (Å²) in [5.74, 6) is -6.46. The molecule has 10 nitrogen and oxygen atoms in total. The van der Waals surface area contributed by atoms with Crippen molar-refractivity contribution in [3.63, 3.8) is 0 Å². The Morgan fingerprint density at radius 1 is 0.732 bits per heavy atom. The zero-order chi connectivity index (χ0) is 42.4. The Kier molecular flexibility index (Phi) is 29.6. The number of benzene rings is 2. The average Bonchev–Trinajstić information content (AvgIpc) is 3.80. The Balaban J connectivity index is 0. The minimum atomic E-state index is -3.16. The average molecular weight is 1000 g/mol. The maximum Gasteiger partial charge on any atom is 0.303 e. The number of nitrogens with zero attached hydrogens (tertiary/aromatic N) is 1. The number of hydrogen-bond donors (Lipinski definition) is 3. The van der Waals surface area contributed by atoms with Gasteiger partial charge in [0.15, 0.2) is 23.0 Å². The molecule has 0 unspecified atom stereocenters. The van der Waals surface area contributed by atoms with Crippen LogP contribution in [0.3, 0.4) is 0 Å². The third-order valence-corrected chi connectivity index (χ3v) is 15.6. The largest absolute Gasteiger partial charge is 0.493 e. The summed E-state index contributed by atoms with van der Waals surface area (Å²) in [6.45, 7) is 0. The fourth-order valence-electron chi connectivity index (χ4n) is 4.05. The second-order valence-electron chi connectivity index (χ2n) is 10.2. The first-order valence-corrected chi connectivity index (χ1v) is 24.5. The predicted octanol–water partition coefficient (Wildman–Crippen LogP) is 7.75. The van der Waals surface area contributed by atoms with E-state index in [0.29, 0.717) is 48.2 Å². The van der Waals surface area contributed by atoms with Gasteiger partial charge in [0.2, 0.25) is 5.91 Å². The molecule has 316 valence electrons. The smallest absolute Gasteiger partial charge is 0.303 e. The van der Waals surface area contributed by atoms with Gasteiger partial charge in [-0.3, -0.25) is 14.8 Å². The number of carbonyl (C=O) groups is 2.